The zero-order chi connectivity index (χ0) is 18.7. The lowest BCUT2D eigenvalue weighted by Crippen LogP contribution is -2.52. The molecule has 2 aromatic rings. The summed E-state index contributed by atoms with van der Waals surface area (Å²) in [6.45, 7) is 8.89. The first-order valence-corrected chi connectivity index (χ1v) is 9.35. The maximum atomic E-state index is 12.7. The summed E-state index contributed by atoms with van der Waals surface area (Å²) in [5.74, 6) is 0.762. The molecule has 1 amide bonds. The number of amides is 1. The molecule has 5 heteroatoms. The van der Waals surface area contributed by atoms with Gasteiger partial charge in [0.15, 0.2) is 6.10 Å². The highest BCUT2D eigenvalue weighted by atomic mass is 35.5. The minimum absolute atomic E-state index is 0.0352. The number of carbonyl (C=O) groups excluding carboxylic acids is 1. The fraction of sp³-hybridized carbons (Fsp3) is 0.381. The molecule has 4 nitrogen and oxygen atoms in total. The number of hydrogen-bond acceptors (Lipinski definition) is 3. The average molecular weight is 373 g/mol. The van der Waals surface area contributed by atoms with Gasteiger partial charge in [0.25, 0.3) is 5.91 Å². The molecular formula is C21H25ClN2O2. The third-order valence-corrected chi connectivity index (χ3v) is 5.02. The first-order valence-electron chi connectivity index (χ1n) is 8.97. The summed E-state index contributed by atoms with van der Waals surface area (Å²) < 4.78 is 5.81. The third-order valence-electron chi connectivity index (χ3n) is 4.78. The van der Waals surface area contributed by atoms with Gasteiger partial charge < -0.3 is 14.5 Å². The lowest BCUT2D eigenvalue weighted by molar-refractivity contribution is -0.138. The van der Waals surface area contributed by atoms with Crippen molar-refractivity contribution < 1.29 is 9.53 Å². The summed E-state index contributed by atoms with van der Waals surface area (Å²) in [6.07, 6.45) is -0.489. The van der Waals surface area contributed by atoms with E-state index in [-0.39, 0.29) is 5.91 Å². The second-order valence-corrected chi connectivity index (χ2v) is 7.25. The molecule has 1 fully saturated rings. The number of anilines is 1. The summed E-state index contributed by atoms with van der Waals surface area (Å²) >= 11 is 6.14. The molecule has 1 aliphatic heterocycles. The van der Waals surface area contributed by atoms with Gasteiger partial charge in [-0.2, -0.15) is 0 Å². The van der Waals surface area contributed by atoms with Gasteiger partial charge in [0.1, 0.15) is 5.75 Å². The zero-order valence-corrected chi connectivity index (χ0v) is 16.3. The molecule has 0 bridgehead atoms. The molecule has 2 aromatic carbocycles. The minimum atomic E-state index is -0.489. The Balaban J connectivity index is 1.57. The van der Waals surface area contributed by atoms with Gasteiger partial charge in [0.05, 0.1) is 0 Å². The first-order chi connectivity index (χ1) is 12.4. The minimum Gasteiger partial charge on any atom is -0.481 e. The number of carbonyl (C=O) groups is 1. The molecule has 0 aromatic heterocycles. The van der Waals surface area contributed by atoms with Crippen LogP contribution in [0.2, 0.25) is 5.02 Å². The third kappa shape index (κ3) is 4.31. The van der Waals surface area contributed by atoms with E-state index in [0.29, 0.717) is 13.1 Å². The standard InChI is InChI=1S/C21H25ClN2O2/c1-15-4-8-19(9-5-15)26-17(3)21(25)24-12-10-23(11-13-24)20-14-18(22)7-6-16(20)2/h4-9,14,17H,10-13H2,1-3H3/t17-/m1/s1. The quantitative estimate of drug-likeness (QED) is 0.810. The summed E-state index contributed by atoms with van der Waals surface area (Å²) in [7, 11) is 0. The van der Waals surface area contributed by atoms with E-state index in [1.54, 1.807) is 0 Å². The predicted molar refractivity (Wildman–Crippen MR) is 106 cm³/mol. The smallest absolute Gasteiger partial charge is 0.263 e. The highest BCUT2D eigenvalue weighted by Crippen LogP contribution is 2.25. The van der Waals surface area contributed by atoms with E-state index < -0.39 is 6.10 Å². The van der Waals surface area contributed by atoms with Gasteiger partial charge in [0.2, 0.25) is 0 Å². The fourth-order valence-corrected chi connectivity index (χ4v) is 3.39. The Morgan fingerprint density at radius 3 is 2.35 bits per heavy atom. The van der Waals surface area contributed by atoms with E-state index >= 15 is 0 Å². The van der Waals surface area contributed by atoms with E-state index in [9.17, 15) is 4.79 Å². The number of halogens is 1. The molecule has 1 saturated heterocycles. The van der Waals surface area contributed by atoms with Crippen LogP contribution in [0.4, 0.5) is 5.69 Å². The SMILES string of the molecule is Cc1ccc(O[C@H](C)C(=O)N2CCN(c3cc(Cl)ccc3C)CC2)cc1. The molecule has 0 unspecified atom stereocenters. The van der Waals surface area contributed by atoms with Gasteiger partial charge >= 0.3 is 0 Å². The van der Waals surface area contributed by atoms with E-state index in [2.05, 4.69) is 11.8 Å². The summed E-state index contributed by atoms with van der Waals surface area (Å²) in [5.41, 5.74) is 3.52. The van der Waals surface area contributed by atoms with Crippen LogP contribution in [0.5, 0.6) is 5.75 Å². The molecule has 0 N–H and O–H groups in total. The van der Waals surface area contributed by atoms with Gasteiger partial charge in [-0.05, 0) is 50.6 Å². The van der Waals surface area contributed by atoms with Crippen molar-refractivity contribution in [3.8, 4) is 5.75 Å². The molecule has 3 rings (SSSR count). The lowest BCUT2D eigenvalue weighted by atomic mass is 10.1. The molecule has 0 radical (unpaired) electrons. The Morgan fingerprint density at radius 1 is 1.04 bits per heavy atom. The Hall–Kier alpha value is -2.20. The molecular weight excluding hydrogens is 348 g/mol. The van der Waals surface area contributed by atoms with Crippen LogP contribution in [-0.2, 0) is 4.79 Å². The summed E-state index contributed by atoms with van der Waals surface area (Å²) in [5, 5.41) is 0.740. The monoisotopic (exact) mass is 372 g/mol. The van der Waals surface area contributed by atoms with Crippen molar-refractivity contribution >= 4 is 23.2 Å². The Labute approximate surface area is 160 Å². The summed E-state index contributed by atoms with van der Waals surface area (Å²) in [6, 6.07) is 13.7. The second-order valence-electron chi connectivity index (χ2n) is 6.82. The lowest BCUT2D eigenvalue weighted by Gasteiger charge is -2.37. The molecule has 1 aliphatic rings. The molecule has 1 atom stereocenters. The van der Waals surface area contributed by atoms with Crippen molar-refractivity contribution in [2.75, 3.05) is 31.1 Å². The van der Waals surface area contributed by atoms with Gasteiger partial charge in [-0.25, -0.2) is 0 Å². The second kappa shape index (κ2) is 8.00. The molecule has 1 heterocycles. The number of benzene rings is 2. The van der Waals surface area contributed by atoms with Gasteiger partial charge in [0, 0.05) is 36.9 Å². The van der Waals surface area contributed by atoms with E-state index in [4.69, 9.17) is 16.3 Å². The number of rotatable bonds is 4. The molecule has 0 aliphatic carbocycles. The highest BCUT2D eigenvalue weighted by Gasteiger charge is 2.26. The van der Waals surface area contributed by atoms with Crippen LogP contribution in [0.25, 0.3) is 0 Å². The van der Waals surface area contributed by atoms with Crippen molar-refractivity contribution in [1.82, 2.24) is 4.90 Å². The van der Waals surface area contributed by atoms with Crippen LogP contribution in [0.1, 0.15) is 18.1 Å². The van der Waals surface area contributed by atoms with Crippen molar-refractivity contribution in [2.24, 2.45) is 0 Å². The molecule has 138 valence electrons. The first kappa shape index (κ1) is 18.6. The van der Waals surface area contributed by atoms with Crippen molar-refractivity contribution in [1.29, 1.82) is 0 Å². The maximum absolute atomic E-state index is 12.7. The Morgan fingerprint density at radius 2 is 1.69 bits per heavy atom. The number of piperazine rings is 1. The van der Waals surface area contributed by atoms with Crippen molar-refractivity contribution in [3.05, 3.63) is 58.6 Å². The van der Waals surface area contributed by atoms with Crippen LogP contribution in [0.3, 0.4) is 0 Å². The van der Waals surface area contributed by atoms with Gasteiger partial charge in [-0.15, -0.1) is 0 Å². The van der Waals surface area contributed by atoms with Crippen LogP contribution in [0.15, 0.2) is 42.5 Å². The predicted octanol–water partition coefficient (Wildman–Crippen LogP) is 4.07. The largest absolute Gasteiger partial charge is 0.481 e. The van der Waals surface area contributed by atoms with E-state index in [0.717, 1.165) is 29.5 Å². The molecule has 26 heavy (non-hydrogen) atoms. The Kier molecular flexibility index (Phi) is 5.72. The van der Waals surface area contributed by atoms with Crippen LogP contribution in [0, 0.1) is 13.8 Å². The van der Waals surface area contributed by atoms with Crippen molar-refractivity contribution in [3.63, 3.8) is 0 Å². The van der Waals surface area contributed by atoms with Crippen molar-refractivity contribution in [2.45, 2.75) is 26.9 Å². The topological polar surface area (TPSA) is 32.8 Å². The number of nitrogens with zero attached hydrogens (tertiary/aromatic N) is 2. The molecule has 0 spiro atoms. The number of hydrogen-bond donors (Lipinski definition) is 0. The Bertz CT molecular complexity index is 768. The van der Waals surface area contributed by atoms with E-state index in [1.165, 1.54) is 11.1 Å². The number of aryl methyl sites for hydroxylation is 2. The zero-order valence-electron chi connectivity index (χ0n) is 15.5. The van der Waals surface area contributed by atoms with Crippen LogP contribution < -0.4 is 9.64 Å². The summed E-state index contributed by atoms with van der Waals surface area (Å²) in [4.78, 5) is 16.9. The van der Waals surface area contributed by atoms with Gasteiger partial charge in [-0.1, -0.05) is 35.4 Å². The highest BCUT2D eigenvalue weighted by molar-refractivity contribution is 6.30. The van der Waals surface area contributed by atoms with Crippen LogP contribution >= 0.6 is 11.6 Å². The van der Waals surface area contributed by atoms with Gasteiger partial charge in [-0.3, -0.25) is 4.79 Å². The maximum Gasteiger partial charge on any atom is 0.263 e. The average Bonchev–Trinajstić information content (AvgIpc) is 2.65. The number of ether oxygens (including phenoxy) is 1. The normalized spacial score (nSPS) is 15.7. The molecule has 0 saturated carbocycles. The van der Waals surface area contributed by atoms with Crippen LogP contribution in [-0.4, -0.2) is 43.1 Å². The van der Waals surface area contributed by atoms with E-state index in [1.807, 2.05) is 61.2 Å². The fourth-order valence-electron chi connectivity index (χ4n) is 3.22.